The number of hydrogen-bond acceptors (Lipinski definition) is 10. The second-order valence-electron chi connectivity index (χ2n) is 6.55. The lowest BCUT2D eigenvalue weighted by molar-refractivity contribution is -0.146. The van der Waals surface area contributed by atoms with Gasteiger partial charge in [0.1, 0.15) is 17.1 Å². The van der Waals surface area contributed by atoms with Gasteiger partial charge in [0, 0.05) is 11.1 Å². The number of aliphatic carboxylic acids is 1. The SMILES string of the molecule is CCCC1=C(C(=O)S)N2C(=O)C(NC(=O)C(=NOCC(=O)O)c3csc(N)n3)[C@H]2SC1. The van der Waals surface area contributed by atoms with Crippen molar-refractivity contribution in [2.45, 2.75) is 31.2 Å². The highest BCUT2D eigenvalue weighted by molar-refractivity contribution is 8.00. The third-order valence-corrected chi connectivity index (χ3v) is 6.64. The molecule has 0 aromatic carbocycles. The number of carboxylic acid groups (broad SMARTS) is 1. The van der Waals surface area contributed by atoms with Gasteiger partial charge in [-0.15, -0.1) is 23.1 Å². The summed E-state index contributed by atoms with van der Waals surface area (Å²) in [4.78, 5) is 58.3. The van der Waals surface area contributed by atoms with E-state index in [9.17, 15) is 19.2 Å². The summed E-state index contributed by atoms with van der Waals surface area (Å²) in [5, 5.41) is 15.5. The van der Waals surface area contributed by atoms with Gasteiger partial charge in [-0.05, 0) is 12.0 Å². The Kier molecular flexibility index (Phi) is 7.23. The number of nitrogens with two attached hydrogens (primary N) is 1. The van der Waals surface area contributed by atoms with Crippen LogP contribution in [0, 0.1) is 0 Å². The maximum atomic E-state index is 12.8. The zero-order valence-corrected chi connectivity index (χ0v) is 18.8. The van der Waals surface area contributed by atoms with Crippen LogP contribution in [-0.4, -0.2) is 67.4 Å². The minimum absolute atomic E-state index is 0.0849. The van der Waals surface area contributed by atoms with E-state index in [1.54, 1.807) is 0 Å². The molecule has 1 saturated heterocycles. The van der Waals surface area contributed by atoms with Crippen molar-refractivity contribution < 1.29 is 29.1 Å². The molecule has 1 unspecified atom stereocenters. The molecule has 0 aliphatic carbocycles. The number of anilines is 1. The number of oxime groups is 1. The molecule has 166 valence electrons. The number of rotatable bonds is 9. The molecule has 4 N–H and O–H groups in total. The maximum Gasteiger partial charge on any atom is 0.344 e. The quantitative estimate of drug-likeness (QED) is 0.168. The van der Waals surface area contributed by atoms with Gasteiger partial charge in [-0.3, -0.25) is 19.3 Å². The summed E-state index contributed by atoms with van der Waals surface area (Å²) in [7, 11) is 0. The molecule has 1 aromatic heterocycles. The number of fused-ring (bicyclic) bond motifs is 1. The van der Waals surface area contributed by atoms with E-state index in [-0.39, 0.29) is 22.2 Å². The number of β-lactam (4-membered cyclic amide) rings is 1. The van der Waals surface area contributed by atoms with Gasteiger partial charge < -0.3 is 21.0 Å². The number of nitrogens with one attached hydrogen (secondary N) is 1. The number of aromatic nitrogens is 1. The molecular weight excluding hydrogens is 466 g/mol. The van der Waals surface area contributed by atoms with Crippen molar-refractivity contribution in [3.63, 3.8) is 0 Å². The fraction of sp³-hybridized carbons (Fsp3) is 0.412. The van der Waals surface area contributed by atoms with Gasteiger partial charge in [0.15, 0.2) is 10.8 Å². The third kappa shape index (κ3) is 4.85. The molecule has 2 amide bonds. The minimum atomic E-state index is -1.27. The molecule has 3 heterocycles. The van der Waals surface area contributed by atoms with Gasteiger partial charge in [0.2, 0.25) is 11.7 Å². The first-order valence-corrected chi connectivity index (χ1v) is 11.5. The molecule has 2 aliphatic heterocycles. The average molecular weight is 486 g/mol. The van der Waals surface area contributed by atoms with Gasteiger partial charge in [0.05, 0.1) is 5.70 Å². The van der Waals surface area contributed by atoms with E-state index < -0.39 is 40.9 Å². The van der Waals surface area contributed by atoms with E-state index in [2.05, 4.69) is 32.9 Å². The molecule has 1 fully saturated rings. The highest BCUT2D eigenvalue weighted by Crippen LogP contribution is 2.42. The Hall–Kier alpha value is -2.58. The highest BCUT2D eigenvalue weighted by atomic mass is 32.2. The predicted octanol–water partition coefficient (Wildman–Crippen LogP) is 0.441. The van der Waals surface area contributed by atoms with Crippen LogP contribution in [0.3, 0.4) is 0 Å². The number of nitrogen functional groups attached to an aromatic ring is 1. The van der Waals surface area contributed by atoms with Crippen molar-refractivity contribution in [2.24, 2.45) is 5.16 Å². The van der Waals surface area contributed by atoms with Crippen molar-refractivity contribution in [1.29, 1.82) is 0 Å². The number of carbonyl (C=O) groups is 4. The zero-order valence-electron chi connectivity index (χ0n) is 16.2. The Balaban J connectivity index is 1.78. The zero-order chi connectivity index (χ0) is 22.7. The summed E-state index contributed by atoms with van der Waals surface area (Å²) in [5.41, 5.74) is 6.50. The Labute approximate surface area is 190 Å². The lowest BCUT2D eigenvalue weighted by Gasteiger charge is -2.49. The smallest absolute Gasteiger partial charge is 0.344 e. The highest BCUT2D eigenvalue weighted by Gasteiger charge is 2.53. The Bertz CT molecular complexity index is 991. The normalized spacial score (nSPS) is 20.8. The summed E-state index contributed by atoms with van der Waals surface area (Å²) in [6, 6.07) is -0.899. The standard InChI is InChI=1S/C17H19N5O6S3/c1-2-3-7-5-30-15-11(14(26)22(15)12(7)16(27)29)20-13(25)10(21-28-4-9(23)24)8-6-31-17(18)19-8/h6,11,15H,2-5H2,1H3,(H2,18,19)(H,20,25)(H,23,24)(H,27,29)/t11?,15-/m1/s1. The van der Waals surface area contributed by atoms with E-state index in [1.165, 1.54) is 22.0 Å². The summed E-state index contributed by atoms with van der Waals surface area (Å²) < 4.78 is 0. The second-order valence-corrected chi connectivity index (χ2v) is 8.95. The average Bonchev–Trinajstić information content (AvgIpc) is 3.14. The fourth-order valence-electron chi connectivity index (χ4n) is 3.14. The Morgan fingerprint density at radius 2 is 2.23 bits per heavy atom. The van der Waals surface area contributed by atoms with E-state index >= 15 is 0 Å². The van der Waals surface area contributed by atoms with Gasteiger partial charge in [-0.1, -0.05) is 31.1 Å². The van der Waals surface area contributed by atoms with E-state index in [0.29, 0.717) is 12.2 Å². The minimum Gasteiger partial charge on any atom is -0.479 e. The summed E-state index contributed by atoms with van der Waals surface area (Å²) in [6.45, 7) is 1.22. The third-order valence-electron chi connectivity index (χ3n) is 4.41. The van der Waals surface area contributed by atoms with Gasteiger partial charge in [0.25, 0.3) is 11.8 Å². The van der Waals surface area contributed by atoms with Crippen molar-refractivity contribution >= 4 is 69.5 Å². The van der Waals surface area contributed by atoms with Gasteiger partial charge in [-0.25, -0.2) is 9.78 Å². The molecule has 0 saturated carbocycles. The lowest BCUT2D eigenvalue weighted by atomic mass is 10.0. The molecule has 0 radical (unpaired) electrons. The number of carboxylic acids is 1. The van der Waals surface area contributed by atoms with Gasteiger partial charge in [-0.2, -0.15) is 0 Å². The van der Waals surface area contributed by atoms with Crippen molar-refractivity contribution in [3.05, 3.63) is 22.3 Å². The Morgan fingerprint density at radius 3 is 2.81 bits per heavy atom. The number of amides is 2. The molecule has 11 nitrogen and oxygen atoms in total. The molecule has 0 bridgehead atoms. The van der Waals surface area contributed by atoms with Crippen molar-refractivity contribution in [2.75, 3.05) is 18.1 Å². The molecule has 2 atom stereocenters. The van der Waals surface area contributed by atoms with Crippen LogP contribution in [0.5, 0.6) is 0 Å². The Morgan fingerprint density at radius 1 is 1.48 bits per heavy atom. The van der Waals surface area contributed by atoms with Crippen LogP contribution in [0.1, 0.15) is 25.5 Å². The largest absolute Gasteiger partial charge is 0.479 e. The number of carbonyl (C=O) groups excluding carboxylic acids is 3. The summed E-state index contributed by atoms with van der Waals surface area (Å²) >= 11 is 6.41. The first-order valence-electron chi connectivity index (χ1n) is 9.08. The first kappa shape index (κ1) is 23.1. The van der Waals surface area contributed by atoms with Crippen LogP contribution in [0.4, 0.5) is 5.13 Å². The second kappa shape index (κ2) is 9.70. The van der Waals surface area contributed by atoms with E-state index in [4.69, 9.17) is 10.8 Å². The molecule has 31 heavy (non-hydrogen) atoms. The van der Waals surface area contributed by atoms with Gasteiger partial charge >= 0.3 is 5.97 Å². The molecule has 2 aliphatic rings. The molecular formula is C17H19N5O6S3. The van der Waals surface area contributed by atoms with Crippen LogP contribution < -0.4 is 11.1 Å². The fourth-order valence-corrected chi connectivity index (χ4v) is 5.34. The summed E-state index contributed by atoms with van der Waals surface area (Å²) in [5.74, 6) is -1.96. The molecule has 3 rings (SSSR count). The first-order chi connectivity index (χ1) is 14.7. The molecule has 1 aromatic rings. The maximum absolute atomic E-state index is 12.8. The monoisotopic (exact) mass is 485 g/mol. The van der Waals surface area contributed by atoms with Crippen molar-refractivity contribution in [1.82, 2.24) is 15.2 Å². The van der Waals surface area contributed by atoms with E-state index in [0.717, 1.165) is 23.3 Å². The molecule has 0 spiro atoms. The number of thiol groups is 1. The van der Waals surface area contributed by atoms with Crippen molar-refractivity contribution in [3.8, 4) is 0 Å². The number of thioether (sulfide) groups is 1. The van der Waals surface area contributed by atoms with Crippen LogP contribution in [0.15, 0.2) is 21.8 Å². The number of hydrogen-bond donors (Lipinski definition) is 4. The molecule has 14 heteroatoms. The summed E-state index contributed by atoms with van der Waals surface area (Å²) in [6.07, 6.45) is 1.49. The number of thiazole rings is 1. The van der Waals surface area contributed by atoms with E-state index in [1.807, 2.05) is 6.92 Å². The topological polar surface area (TPSA) is 164 Å². The lowest BCUT2D eigenvalue weighted by Crippen LogP contribution is -2.70. The van der Waals surface area contributed by atoms with Crippen LogP contribution in [0.25, 0.3) is 0 Å². The van der Waals surface area contributed by atoms with Crippen LogP contribution in [0.2, 0.25) is 0 Å². The van der Waals surface area contributed by atoms with Crippen LogP contribution in [-0.2, 0) is 24.0 Å². The number of nitrogens with zero attached hydrogens (tertiary/aromatic N) is 3. The predicted molar refractivity (Wildman–Crippen MR) is 118 cm³/mol. The van der Waals surface area contributed by atoms with Crippen LogP contribution >= 0.6 is 35.7 Å².